The van der Waals surface area contributed by atoms with Crippen LogP contribution in [0.25, 0.3) is 0 Å². The highest BCUT2D eigenvalue weighted by molar-refractivity contribution is 7.89. The number of hydrogen-bond acceptors (Lipinski definition) is 3. The molecule has 0 unspecified atom stereocenters. The van der Waals surface area contributed by atoms with Crippen LogP contribution in [0.15, 0.2) is 23.1 Å². The van der Waals surface area contributed by atoms with Crippen LogP contribution in [0, 0.1) is 6.92 Å². The van der Waals surface area contributed by atoms with Crippen molar-refractivity contribution in [3.8, 4) is 5.75 Å². The zero-order valence-electron chi connectivity index (χ0n) is 9.86. The summed E-state index contributed by atoms with van der Waals surface area (Å²) in [6.07, 6.45) is 0.607. The Balaban J connectivity index is 2.91. The van der Waals surface area contributed by atoms with Gasteiger partial charge in [-0.2, -0.15) is 0 Å². The molecule has 0 radical (unpaired) electrons. The molecule has 0 aliphatic heterocycles. The number of hydrogen-bond donors (Lipinski definition) is 1. The number of rotatable bonds is 6. The molecule has 0 heterocycles. The van der Waals surface area contributed by atoms with E-state index in [1.807, 2.05) is 0 Å². The summed E-state index contributed by atoms with van der Waals surface area (Å²) in [6.45, 7) is 2.08. The average Bonchev–Trinajstić information content (AvgIpc) is 2.28. The largest absolute Gasteiger partial charge is 0.497 e. The molecule has 0 aliphatic rings. The molecule has 1 aromatic rings. The van der Waals surface area contributed by atoms with E-state index in [1.165, 1.54) is 6.07 Å². The average molecular weight is 278 g/mol. The number of aryl methyl sites for hydroxylation is 1. The molecule has 0 saturated heterocycles. The molecule has 0 amide bonds. The van der Waals surface area contributed by atoms with Gasteiger partial charge < -0.3 is 4.74 Å². The summed E-state index contributed by atoms with van der Waals surface area (Å²) < 4.78 is 31.4. The minimum Gasteiger partial charge on any atom is -0.497 e. The monoisotopic (exact) mass is 277 g/mol. The fraction of sp³-hybridized carbons (Fsp3) is 0.455. The molecule has 0 bridgehead atoms. The first kappa shape index (κ1) is 14.3. The summed E-state index contributed by atoms with van der Waals surface area (Å²) >= 11 is 5.50. The minimum absolute atomic E-state index is 0.271. The van der Waals surface area contributed by atoms with Gasteiger partial charge in [0.05, 0.1) is 12.0 Å². The van der Waals surface area contributed by atoms with E-state index in [1.54, 1.807) is 26.2 Å². The molecule has 0 spiro atoms. The van der Waals surface area contributed by atoms with E-state index >= 15 is 0 Å². The van der Waals surface area contributed by atoms with Crippen LogP contribution >= 0.6 is 11.6 Å². The van der Waals surface area contributed by atoms with Gasteiger partial charge in [0.15, 0.2) is 0 Å². The van der Waals surface area contributed by atoms with E-state index in [0.29, 0.717) is 30.2 Å². The third kappa shape index (κ3) is 3.87. The Bertz CT molecular complexity index is 474. The minimum atomic E-state index is -3.45. The molecule has 0 aromatic heterocycles. The highest BCUT2D eigenvalue weighted by Gasteiger charge is 2.16. The second kappa shape index (κ2) is 6.23. The molecular formula is C11H16ClNO3S. The van der Waals surface area contributed by atoms with Gasteiger partial charge in [-0.25, -0.2) is 13.1 Å². The molecule has 1 rings (SSSR count). The molecule has 0 aliphatic carbocycles. The lowest BCUT2D eigenvalue weighted by Crippen LogP contribution is -2.25. The molecule has 1 aromatic carbocycles. The van der Waals surface area contributed by atoms with Crippen molar-refractivity contribution < 1.29 is 13.2 Å². The lowest BCUT2D eigenvalue weighted by Gasteiger charge is -2.10. The first-order valence-electron chi connectivity index (χ1n) is 5.21. The third-order valence-corrected chi connectivity index (χ3v) is 4.16. The van der Waals surface area contributed by atoms with E-state index in [2.05, 4.69) is 4.72 Å². The van der Waals surface area contributed by atoms with Crippen LogP contribution in [0.1, 0.15) is 12.0 Å². The number of benzene rings is 1. The van der Waals surface area contributed by atoms with Crippen molar-refractivity contribution in [2.24, 2.45) is 0 Å². The van der Waals surface area contributed by atoms with Crippen molar-refractivity contribution in [1.82, 2.24) is 4.72 Å². The van der Waals surface area contributed by atoms with E-state index < -0.39 is 10.0 Å². The highest BCUT2D eigenvalue weighted by atomic mass is 35.5. The van der Waals surface area contributed by atoms with Crippen LogP contribution in [0.4, 0.5) is 0 Å². The van der Waals surface area contributed by atoms with Gasteiger partial charge in [0.25, 0.3) is 0 Å². The van der Waals surface area contributed by atoms with Crippen molar-refractivity contribution in [3.63, 3.8) is 0 Å². The van der Waals surface area contributed by atoms with Crippen LogP contribution in [0.3, 0.4) is 0 Å². The van der Waals surface area contributed by atoms with Gasteiger partial charge in [0.1, 0.15) is 5.75 Å². The van der Waals surface area contributed by atoms with Crippen LogP contribution in [0.2, 0.25) is 0 Å². The van der Waals surface area contributed by atoms with Gasteiger partial charge in [-0.1, -0.05) is 0 Å². The fourth-order valence-corrected chi connectivity index (χ4v) is 2.83. The topological polar surface area (TPSA) is 55.4 Å². The molecule has 0 saturated carbocycles. The molecule has 6 heteroatoms. The van der Waals surface area contributed by atoms with E-state index in [4.69, 9.17) is 16.3 Å². The normalized spacial score (nSPS) is 11.5. The van der Waals surface area contributed by atoms with Gasteiger partial charge in [0.2, 0.25) is 10.0 Å². The Morgan fingerprint density at radius 1 is 1.41 bits per heavy atom. The summed E-state index contributed by atoms with van der Waals surface area (Å²) in [5, 5.41) is 0. The summed E-state index contributed by atoms with van der Waals surface area (Å²) in [5.41, 5.74) is 0.655. The van der Waals surface area contributed by atoms with Gasteiger partial charge in [-0.05, 0) is 37.1 Å². The Hall–Kier alpha value is -0.780. The third-order valence-electron chi connectivity index (χ3n) is 2.27. The van der Waals surface area contributed by atoms with Crippen LogP contribution in [0.5, 0.6) is 5.75 Å². The number of nitrogens with one attached hydrogen (secondary N) is 1. The quantitative estimate of drug-likeness (QED) is 0.638. The van der Waals surface area contributed by atoms with Crippen molar-refractivity contribution in [2.75, 3.05) is 19.5 Å². The Labute approximate surface area is 107 Å². The molecule has 0 fully saturated rings. The number of sulfonamides is 1. The van der Waals surface area contributed by atoms with E-state index in [-0.39, 0.29) is 4.90 Å². The molecule has 17 heavy (non-hydrogen) atoms. The van der Waals surface area contributed by atoms with Gasteiger partial charge in [0, 0.05) is 12.4 Å². The summed E-state index contributed by atoms with van der Waals surface area (Å²) in [5.74, 6) is 1.08. The second-order valence-corrected chi connectivity index (χ2v) is 5.69. The van der Waals surface area contributed by atoms with Crippen LogP contribution in [-0.2, 0) is 10.0 Å². The SMILES string of the molecule is COc1ccc(S(=O)(=O)NCCCCl)c(C)c1. The maximum Gasteiger partial charge on any atom is 0.240 e. The Kier molecular flexibility index (Phi) is 5.24. The number of ether oxygens (including phenoxy) is 1. The molecule has 1 N–H and O–H groups in total. The molecule has 0 atom stereocenters. The van der Waals surface area contributed by atoms with Crippen LogP contribution < -0.4 is 9.46 Å². The summed E-state index contributed by atoms with van der Waals surface area (Å²) in [7, 11) is -1.91. The van der Waals surface area contributed by atoms with Crippen LogP contribution in [-0.4, -0.2) is 28.0 Å². The lowest BCUT2D eigenvalue weighted by molar-refractivity contribution is 0.414. The van der Waals surface area contributed by atoms with Gasteiger partial charge >= 0.3 is 0 Å². The number of alkyl halides is 1. The zero-order chi connectivity index (χ0) is 12.9. The first-order valence-corrected chi connectivity index (χ1v) is 7.23. The Morgan fingerprint density at radius 2 is 2.12 bits per heavy atom. The zero-order valence-corrected chi connectivity index (χ0v) is 11.4. The van der Waals surface area contributed by atoms with Crippen molar-refractivity contribution in [3.05, 3.63) is 23.8 Å². The first-order chi connectivity index (χ1) is 8.01. The Morgan fingerprint density at radius 3 is 2.65 bits per heavy atom. The maximum absolute atomic E-state index is 11.9. The predicted molar refractivity (Wildman–Crippen MR) is 68.3 cm³/mol. The van der Waals surface area contributed by atoms with Gasteiger partial charge in [-0.15, -0.1) is 11.6 Å². The molecule has 4 nitrogen and oxygen atoms in total. The number of methoxy groups -OCH3 is 1. The molecular weight excluding hydrogens is 262 g/mol. The summed E-state index contributed by atoms with van der Waals surface area (Å²) in [6, 6.07) is 4.86. The van der Waals surface area contributed by atoms with Crippen molar-refractivity contribution in [2.45, 2.75) is 18.2 Å². The number of halogens is 1. The predicted octanol–water partition coefficient (Wildman–Crippen LogP) is 1.91. The molecule has 96 valence electrons. The van der Waals surface area contributed by atoms with Gasteiger partial charge in [-0.3, -0.25) is 0 Å². The fourth-order valence-electron chi connectivity index (χ4n) is 1.40. The highest BCUT2D eigenvalue weighted by Crippen LogP contribution is 2.20. The summed E-state index contributed by atoms with van der Waals surface area (Å²) in [4.78, 5) is 0.271. The van der Waals surface area contributed by atoms with E-state index in [9.17, 15) is 8.42 Å². The van der Waals surface area contributed by atoms with Crippen molar-refractivity contribution in [1.29, 1.82) is 0 Å². The standard InChI is InChI=1S/C11H16ClNO3S/c1-9-8-10(16-2)4-5-11(9)17(14,15)13-7-3-6-12/h4-5,8,13H,3,6-7H2,1-2H3. The second-order valence-electron chi connectivity index (χ2n) is 3.57. The smallest absolute Gasteiger partial charge is 0.240 e. The van der Waals surface area contributed by atoms with E-state index in [0.717, 1.165) is 0 Å². The maximum atomic E-state index is 11.9. The lowest BCUT2D eigenvalue weighted by atomic mass is 10.2. The van der Waals surface area contributed by atoms with Crippen molar-refractivity contribution >= 4 is 21.6 Å².